The van der Waals surface area contributed by atoms with Gasteiger partial charge >= 0.3 is 0 Å². The van der Waals surface area contributed by atoms with E-state index in [1.165, 1.54) is 31.6 Å². The quantitative estimate of drug-likeness (QED) is 0.509. The summed E-state index contributed by atoms with van der Waals surface area (Å²) < 4.78 is 0. The molecule has 1 saturated heterocycles. The molecule has 1 nitrogen and oxygen atoms in total. The summed E-state index contributed by atoms with van der Waals surface area (Å²) in [5.74, 6) is 0. The summed E-state index contributed by atoms with van der Waals surface area (Å²) in [6.07, 6.45) is 6.88. The van der Waals surface area contributed by atoms with Gasteiger partial charge in [-0.05, 0) is 37.7 Å². The first-order valence-corrected chi connectivity index (χ1v) is 4.94. The van der Waals surface area contributed by atoms with Gasteiger partial charge in [-0.1, -0.05) is 6.08 Å². The molecule has 1 heterocycles. The summed E-state index contributed by atoms with van der Waals surface area (Å²) in [5.41, 5.74) is 1.36. The molecule has 0 spiro atoms. The summed E-state index contributed by atoms with van der Waals surface area (Å²) in [6.45, 7) is 6.61. The third-order valence-electron chi connectivity index (χ3n) is 2.17. The van der Waals surface area contributed by atoms with Crippen molar-refractivity contribution >= 4 is 12.6 Å². The lowest BCUT2D eigenvalue weighted by molar-refractivity contribution is 0.428. The Kier molecular flexibility index (Phi) is 3.73. The molecule has 68 valence electrons. The number of rotatable bonds is 2. The molecule has 0 aromatic carbocycles. The molecular formula is C10H17NS. The van der Waals surface area contributed by atoms with E-state index >= 15 is 0 Å². The fraction of sp³-hybridized carbons (Fsp3) is 0.600. The van der Waals surface area contributed by atoms with Crippen LogP contribution in [0.25, 0.3) is 0 Å². The maximum absolute atomic E-state index is 4.21. The second-order valence-corrected chi connectivity index (χ2v) is 4.02. The van der Waals surface area contributed by atoms with Gasteiger partial charge in [0.2, 0.25) is 0 Å². The lowest BCUT2D eigenvalue weighted by atomic mass is 10.3. The van der Waals surface area contributed by atoms with Crippen LogP contribution in [0.3, 0.4) is 0 Å². The molecule has 0 atom stereocenters. The molecule has 0 bridgehead atoms. The number of likely N-dealkylation sites (tertiary alicyclic amines) is 1. The van der Waals surface area contributed by atoms with Crippen molar-refractivity contribution < 1.29 is 0 Å². The minimum atomic E-state index is 1.06. The molecule has 1 aliphatic heterocycles. The summed E-state index contributed by atoms with van der Waals surface area (Å²) in [5, 5.41) is 0. The molecule has 1 fully saturated rings. The van der Waals surface area contributed by atoms with E-state index in [2.05, 4.69) is 36.6 Å². The Balaban J connectivity index is 2.50. The molecule has 0 amide bonds. The number of nitrogens with zero attached hydrogens (tertiary/aromatic N) is 1. The van der Waals surface area contributed by atoms with Gasteiger partial charge in [-0.15, -0.1) is 12.6 Å². The van der Waals surface area contributed by atoms with Crippen LogP contribution in [0.5, 0.6) is 0 Å². The molecule has 0 unspecified atom stereocenters. The maximum atomic E-state index is 4.21. The van der Waals surface area contributed by atoms with Crippen LogP contribution in [-0.2, 0) is 0 Å². The van der Waals surface area contributed by atoms with E-state index in [0.29, 0.717) is 0 Å². The summed E-state index contributed by atoms with van der Waals surface area (Å²) in [7, 11) is 0. The number of hydrogen-bond acceptors (Lipinski definition) is 2. The first kappa shape index (κ1) is 9.72. The molecule has 0 aromatic heterocycles. The van der Waals surface area contributed by atoms with Gasteiger partial charge < -0.3 is 4.90 Å². The fourth-order valence-corrected chi connectivity index (χ4v) is 1.49. The third-order valence-corrected chi connectivity index (χ3v) is 2.32. The van der Waals surface area contributed by atoms with Crippen LogP contribution in [-0.4, -0.2) is 18.0 Å². The van der Waals surface area contributed by atoms with Crippen molar-refractivity contribution in [3.63, 3.8) is 0 Å². The van der Waals surface area contributed by atoms with Crippen molar-refractivity contribution in [3.8, 4) is 0 Å². The second kappa shape index (κ2) is 4.61. The number of thiol groups is 1. The third kappa shape index (κ3) is 2.94. The van der Waals surface area contributed by atoms with Gasteiger partial charge in [0.05, 0.1) is 0 Å². The zero-order valence-corrected chi connectivity index (χ0v) is 8.77. The van der Waals surface area contributed by atoms with Crippen LogP contribution in [0.15, 0.2) is 22.8 Å². The second-order valence-electron chi connectivity index (χ2n) is 3.31. The Morgan fingerprint density at radius 2 is 1.75 bits per heavy atom. The van der Waals surface area contributed by atoms with Gasteiger partial charge in [0.25, 0.3) is 0 Å². The number of allylic oxidation sites excluding steroid dienone is 4. The zero-order valence-electron chi connectivity index (χ0n) is 7.88. The Morgan fingerprint density at radius 1 is 1.17 bits per heavy atom. The van der Waals surface area contributed by atoms with Crippen LogP contribution in [0.1, 0.15) is 26.7 Å². The Hall–Kier alpha value is -0.370. The van der Waals surface area contributed by atoms with Crippen LogP contribution >= 0.6 is 12.6 Å². The average Bonchev–Trinajstić information content (AvgIpc) is 2.51. The van der Waals surface area contributed by atoms with Gasteiger partial charge in [-0.3, -0.25) is 0 Å². The highest BCUT2D eigenvalue weighted by Gasteiger charge is 2.10. The van der Waals surface area contributed by atoms with E-state index in [1.54, 1.807) is 0 Å². The van der Waals surface area contributed by atoms with Crippen molar-refractivity contribution in [2.24, 2.45) is 0 Å². The van der Waals surface area contributed by atoms with Crippen molar-refractivity contribution in [2.75, 3.05) is 13.1 Å². The van der Waals surface area contributed by atoms with Gasteiger partial charge in [-0.25, -0.2) is 0 Å². The van der Waals surface area contributed by atoms with Crippen molar-refractivity contribution in [2.45, 2.75) is 26.7 Å². The zero-order chi connectivity index (χ0) is 8.97. The van der Waals surface area contributed by atoms with Crippen molar-refractivity contribution in [1.82, 2.24) is 4.90 Å². The van der Waals surface area contributed by atoms with Gasteiger partial charge in [0.1, 0.15) is 0 Å². The molecule has 0 N–H and O–H groups in total. The molecule has 2 heteroatoms. The van der Waals surface area contributed by atoms with E-state index in [0.717, 1.165) is 4.91 Å². The highest BCUT2D eigenvalue weighted by atomic mass is 32.1. The molecular weight excluding hydrogens is 166 g/mol. The minimum absolute atomic E-state index is 1.06. The van der Waals surface area contributed by atoms with E-state index < -0.39 is 0 Å². The fourth-order valence-electron chi connectivity index (χ4n) is 1.42. The van der Waals surface area contributed by atoms with Gasteiger partial charge in [0.15, 0.2) is 0 Å². The van der Waals surface area contributed by atoms with E-state index in [4.69, 9.17) is 0 Å². The molecule has 0 aromatic rings. The molecule has 12 heavy (non-hydrogen) atoms. The van der Waals surface area contributed by atoms with E-state index in [1.807, 2.05) is 6.92 Å². The van der Waals surface area contributed by atoms with Crippen LogP contribution in [0.2, 0.25) is 0 Å². The first-order valence-electron chi connectivity index (χ1n) is 4.49. The lowest BCUT2D eigenvalue weighted by Crippen LogP contribution is -2.16. The molecule has 0 aliphatic carbocycles. The van der Waals surface area contributed by atoms with Crippen molar-refractivity contribution in [1.29, 1.82) is 0 Å². The van der Waals surface area contributed by atoms with E-state index in [-0.39, 0.29) is 0 Å². The van der Waals surface area contributed by atoms with Gasteiger partial charge in [0, 0.05) is 18.8 Å². The topological polar surface area (TPSA) is 3.24 Å². The molecule has 0 radical (unpaired) electrons. The van der Waals surface area contributed by atoms with Crippen LogP contribution < -0.4 is 0 Å². The van der Waals surface area contributed by atoms with Gasteiger partial charge in [-0.2, -0.15) is 0 Å². The minimum Gasteiger partial charge on any atom is -0.375 e. The smallest absolute Gasteiger partial charge is 0.0175 e. The maximum Gasteiger partial charge on any atom is 0.0175 e. The summed E-state index contributed by atoms with van der Waals surface area (Å²) >= 11 is 4.21. The van der Waals surface area contributed by atoms with E-state index in [9.17, 15) is 0 Å². The highest BCUT2D eigenvalue weighted by Crippen LogP contribution is 2.14. The summed E-state index contributed by atoms with van der Waals surface area (Å²) in [6, 6.07) is 0. The predicted octanol–water partition coefficient (Wildman–Crippen LogP) is 2.82. The first-order chi connectivity index (χ1) is 5.70. The Bertz CT molecular complexity index is 196. The summed E-state index contributed by atoms with van der Waals surface area (Å²) in [4.78, 5) is 3.49. The predicted molar refractivity (Wildman–Crippen MR) is 57.3 cm³/mol. The average molecular weight is 183 g/mol. The SMILES string of the molecule is C/C(S)=C/C=C(\C)N1CCCC1. The largest absolute Gasteiger partial charge is 0.375 e. The van der Waals surface area contributed by atoms with Crippen LogP contribution in [0.4, 0.5) is 0 Å². The molecule has 1 rings (SSSR count). The monoisotopic (exact) mass is 183 g/mol. The number of hydrogen-bond donors (Lipinski definition) is 1. The molecule has 1 aliphatic rings. The van der Waals surface area contributed by atoms with Crippen LogP contribution in [0, 0.1) is 0 Å². The lowest BCUT2D eigenvalue weighted by Gasteiger charge is -2.17. The standard InChI is InChI=1S/C10H17NS/c1-9(5-6-10(2)12)11-7-3-4-8-11/h5-6,12H,3-4,7-8H2,1-2H3/b9-5+,10-6-. The normalized spacial score (nSPS) is 20.4. The van der Waals surface area contributed by atoms with Crippen molar-refractivity contribution in [3.05, 3.63) is 22.8 Å². The highest BCUT2D eigenvalue weighted by molar-refractivity contribution is 7.84. The Morgan fingerprint density at radius 3 is 2.25 bits per heavy atom. The molecule has 0 saturated carbocycles. The Labute approximate surface area is 80.6 Å².